The molecule has 1 aromatic rings. The smallest absolute Gasteiger partial charge is 0.333 e. The van der Waals surface area contributed by atoms with Crippen molar-refractivity contribution in [2.24, 2.45) is 0 Å². The molecule has 104 valence electrons. The van der Waals surface area contributed by atoms with E-state index in [1.54, 1.807) is 14.0 Å². The Kier molecular flexibility index (Phi) is 6.09. The molecule has 4 heteroatoms. The van der Waals surface area contributed by atoms with Gasteiger partial charge in [-0.3, -0.25) is 4.90 Å². The van der Waals surface area contributed by atoms with Gasteiger partial charge in [-0.05, 0) is 31.7 Å². The average Bonchev–Trinajstić information content (AvgIpc) is 2.44. The van der Waals surface area contributed by atoms with E-state index in [4.69, 9.17) is 4.74 Å². The van der Waals surface area contributed by atoms with Crippen LogP contribution in [0.4, 0.5) is 0 Å². The third-order valence-corrected chi connectivity index (χ3v) is 2.80. The molecule has 0 saturated heterocycles. The fraction of sp³-hybridized carbons (Fsp3) is 0.400. The molecule has 0 aliphatic carbocycles. The molecule has 0 bridgehead atoms. The Morgan fingerprint density at radius 2 is 2.11 bits per heavy atom. The highest BCUT2D eigenvalue weighted by Crippen LogP contribution is 2.13. The largest absolute Gasteiger partial charge is 0.497 e. The summed E-state index contributed by atoms with van der Waals surface area (Å²) in [6.07, 6.45) is 1.87. The van der Waals surface area contributed by atoms with Gasteiger partial charge in [0, 0.05) is 18.7 Å². The SMILES string of the molecule is COC(=O)C(C)=CCN(C)Cc1cccc(OC)c1. The molecular formula is C15H21NO3. The minimum Gasteiger partial charge on any atom is -0.497 e. The van der Waals surface area contributed by atoms with Gasteiger partial charge in [-0.25, -0.2) is 4.79 Å². The molecule has 0 aliphatic heterocycles. The van der Waals surface area contributed by atoms with Crippen molar-refractivity contribution in [3.8, 4) is 5.75 Å². The molecule has 0 aromatic heterocycles. The van der Waals surface area contributed by atoms with Gasteiger partial charge in [-0.15, -0.1) is 0 Å². The average molecular weight is 263 g/mol. The number of methoxy groups -OCH3 is 2. The Bertz CT molecular complexity index is 454. The zero-order valence-corrected chi connectivity index (χ0v) is 12.0. The zero-order valence-electron chi connectivity index (χ0n) is 12.0. The molecule has 1 aromatic carbocycles. The second-order valence-electron chi connectivity index (χ2n) is 4.43. The van der Waals surface area contributed by atoms with Crippen LogP contribution in [0.3, 0.4) is 0 Å². The van der Waals surface area contributed by atoms with Crippen LogP contribution in [0.5, 0.6) is 5.75 Å². The summed E-state index contributed by atoms with van der Waals surface area (Å²) < 4.78 is 9.84. The second-order valence-corrected chi connectivity index (χ2v) is 4.43. The molecule has 0 atom stereocenters. The van der Waals surface area contributed by atoms with Gasteiger partial charge in [-0.1, -0.05) is 18.2 Å². The maximum absolute atomic E-state index is 11.2. The number of esters is 1. The number of carbonyl (C=O) groups is 1. The van der Waals surface area contributed by atoms with Gasteiger partial charge in [0.05, 0.1) is 14.2 Å². The van der Waals surface area contributed by atoms with Crippen LogP contribution in [0.15, 0.2) is 35.9 Å². The Morgan fingerprint density at radius 3 is 2.74 bits per heavy atom. The number of carbonyl (C=O) groups excluding carboxylic acids is 1. The van der Waals surface area contributed by atoms with Crippen LogP contribution in [0.25, 0.3) is 0 Å². The van der Waals surface area contributed by atoms with Crippen molar-refractivity contribution < 1.29 is 14.3 Å². The first-order chi connectivity index (χ1) is 9.06. The summed E-state index contributed by atoms with van der Waals surface area (Å²) in [5, 5.41) is 0. The van der Waals surface area contributed by atoms with Crippen LogP contribution in [-0.4, -0.2) is 38.7 Å². The Morgan fingerprint density at radius 1 is 1.37 bits per heavy atom. The van der Waals surface area contributed by atoms with Crippen molar-refractivity contribution in [3.63, 3.8) is 0 Å². The first-order valence-electron chi connectivity index (χ1n) is 6.13. The van der Waals surface area contributed by atoms with E-state index in [-0.39, 0.29) is 5.97 Å². The van der Waals surface area contributed by atoms with E-state index in [1.165, 1.54) is 12.7 Å². The summed E-state index contributed by atoms with van der Waals surface area (Å²) in [5.41, 5.74) is 1.80. The molecule has 0 unspecified atom stereocenters. The lowest BCUT2D eigenvalue weighted by molar-refractivity contribution is -0.136. The number of likely N-dealkylation sites (N-methyl/N-ethyl adjacent to an activating group) is 1. The number of rotatable bonds is 6. The molecule has 0 saturated carbocycles. The summed E-state index contributed by atoms with van der Waals surface area (Å²) in [6.45, 7) is 3.24. The predicted molar refractivity (Wildman–Crippen MR) is 75.1 cm³/mol. The van der Waals surface area contributed by atoms with Crippen LogP contribution < -0.4 is 4.74 Å². The molecule has 1 rings (SSSR count). The van der Waals surface area contributed by atoms with Gasteiger partial charge in [0.2, 0.25) is 0 Å². The van der Waals surface area contributed by atoms with Crippen LogP contribution in [-0.2, 0) is 16.1 Å². The minimum atomic E-state index is -0.283. The normalized spacial score (nSPS) is 11.5. The molecule has 0 heterocycles. The fourth-order valence-corrected chi connectivity index (χ4v) is 1.68. The van der Waals surface area contributed by atoms with Crippen LogP contribution in [0.1, 0.15) is 12.5 Å². The lowest BCUT2D eigenvalue weighted by atomic mass is 10.2. The fourth-order valence-electron chi connectivity index (χ4n) is 1.68. The van der Waals surface area contributed by atoms with E-state index in [2.05, 4.69) is 15.7 Å². The van der Waals surface area contributed by atoms with Gasteiger partial charge in [0.25, 0.3) is 0 Å². The quantitative estimate of drug-likeness (QED) is 0.583. The van der Waals surface area contributed by atoms with Crippen molar-refractivity contribution in [2.45, 2.75) is 13.5 Å². The molecule has 4 nitrogen and oxygen atoms in total. The third kappa shape index (κ3) is 5.14. The molecule has 0 N–H and O–H groups in total. The van der Waals surface area contributed by atoms with Crippen LogP contribution >= 0.6 is 0 Å². The molecular weight excluding hydrogens is 242 g/mol. The molecule has 19 heavy (non-hydrogen) atoms. The number of hydrogen-bond acceptors (Lipinski definition) is 4. The van der Waals surface area contributed by atoms with E-state index in [0.717, 1.165) is 12.3 Å². The summed E-state index contributed by atoms with van der Waals surface area (Å²) in [6, 6.07) is 7.95. The third-order valence-electron chi connectivity index (χ3n) is 2.80. The predicted octanol–water partition coefficient (Wildman–Crippen LogP) is 2.25. The Labute approximate surface area is 114 Å². The monoisotopic (exact) mass is 263 g/mol. The summed E-state index contributed by atoms with van der Waals surface area (Å²) >= 11 is 0. The number of ether oxygens (including phenoxy) is 2. The van der Waals surface area contributed by atoms with Gasteiger partial charge in [0.1, 0.15) is 5.75 Å². The molecule has 0 aliphatic rings. The van der Waals surface area contributed by atoms with E-state index >= 15 is 0 Å². The summed E-state index contributed by atoms with van der Waals surface area (Å²) in [4.78, 5) is 13.4. The maximum atomic E-state index is 11.2. The van der Waals surface area contributed by atoms with Crippen molar-refractivity contribution in [2.75, 3.05) is 27.8 Å². The van der Waals surface area contributed by atoms with E-state index in [0.29, 0.717) is 12.1 Å². The standard InChI is InChI=1S/C15H21NO3/c1-12(15(17)19-4)8-9-16(2)11-13-6-5-7-14(10-13)18-3/h5-8,10H,9,11H2,1-4H3. The first kappa shape index (κ1) is 15.2. The highest BCUT2D eigenvalue weighted by Gasteiger charge is 2.04. The van der Waals surface area contributed by atoms with Gasteiger partial charge in [0.15, 0.2) is 0 Å². The Balaban J connectivity index is 2.55. The minimum absolute atomic E-state index is 0.283. The van der Waals surface area contributed by atoms with Gasteiger partial charge >= 0.3 is 5.97 Å². The van der Waals surface area contributed by atoms with Crippen LogP contribution in [0, 0.1) is 0 Å². The maximum Gasteiger partial charge on any atom is 0.333 e. The molecule has 0 amide bonds. The van der Waals surface area contributed by atoms with E-state index in [1.807, 2.05) is 31.3 Å². The summed E-state index contributed by atoms with van der Waals surface area (Å²) in [5.74, 6) is 0.571. The van der Waals surface area contributed by atoms with E-state index < -0.39 is 0 Å². The van der Waals surface area contributed by atoms with Gasteiger partial charge in [-0.2, -0.15) is 0 Å². The van der Waals surface area contributed by atoms with Crippen LogP contribution in [0.2, 0.25) is 0 Å². The summed E-state index contributed by atoms with van der Waals surface area (Å²) in [7, 11) is 5.05. The second kappa shape index (κ2) is 7.59. The number of hydrogen-bond donors (Lipinski definition) is 0. The Hall–Kier alpha value is -1.81. The highest BCUT2D eigenvalue weighted by molar-refractivity contribution is 5.87. The molecule has 0 radical (unpaired) electrons. The van der Waals surface area contributed by atoms with Crippen molar-refractivity contribution in [3.05, 3.63) is 41.5 Å². The first-order valence-corrected chi connectivity index (χ1v) is 6.13. The van der Waals surface area contributed by atoms with Crippen molar-refractivity contribution in [1.29, 1.82) is 0 Å². The van der Waals surface area contributed by atoms with Crippen molar-refractivity contribution >= 4 is 5.97 Å². The molecule has 0 spiro atoms. The molecule has 0 fully saturated rings. The number of benzene rings is 1. The number of nitrogens with zero attached hydrogens (tertiary/aromatic N) is 1. The highest BCUT2D eigenvalue weighted by atomic mass is 16.5. The zero-order chi connectivity index (χ0) is 14.3. The van der Waals surface area contributed by atoms with E-state index in [9.17, 15) is 4.79 Å². The van der Waals surface area contributed by atoms with Crippen molar-refractivity contribution in [1.82, 2.24) is 4.90 Å². The lowest BCUT2D eigenvalue weighted by Gasteiger charge is -2.15. The lowest BCUT2D eigenvalue weighted by Crippen LogP contribution is -2.18. The topological polar surface area (TPSA) is 38.8 Å². The van der Waals surface area contributed by atoms with Gasteiger partial charge < -0.3 is 9.47 Å².